The minimum atomic E-state index is -4.71. The van der Waals surface area contributed by atoms with Gasteiger partial charge in [0.2, 0.25) is 29.2 Å². The Morgan fingerprint density at radius 2 is 0.798 bits per heavy atom. The number of Topliss-reactive ketones (excluding diaryl/α,β-unsaturated/α-hetero) is 1. The fourth-order valence-corrected chi connectivity index (χ4v) is 6.62. The lowest BCUT2D eigenvalue weighted by Gasteiger charge is -2.13. The Bertz CT molecular complexity index is 3740. The summed E-state index contributed by atoms with van der Waals surface area (Å²) in [7, 11) is 7.02. The monoisotopic (exact) mass is 1270 g/mol. The largest absolute Gasteiger partial charge is 0.471 e. The Kier molecular flexibility index (Phi) is 22.8. The number of hydroxylamine groups is 5. The van der Waals surface area contributed by atoms with Gasteiger partial charge in [-0.3, -0.25) is 33.7 Å². The SMILES string of the molecule is COCC(=O)c1ccc(-c2noc(C(F)(F)F)n2)cc1.CON(C)C(=O)Cc1ccc(-c2noc(C(F)(F)F)n2)cc1.CON(C)C(=O)c1ccc(-c2noc(C(F)(F)F)n2)cc1.O=C(NOCc1ccccc1)c1ccc(-c2noc(C(F)(F)F)n2)cc1. The molecule has 4 heterocycles. The van der Waals surface area contributed by atoms with Crippen molar-refractivity contribution in [1.82, 2.24) is 56.2 Å². The molecule has 0 aliphatic carbocycles. The predicted octanol–water partition coefficient (Wildman–Crippen LogP) is 10.9. The van der Waals surface area contributed by atoms with Gasteiger partial charge in [-0.25, -0.2) is 15.6 Å². The molecule has 0 atom stereocenters. The van der Waals surface area contributed by atoms with Crippen LogP contribution in [-0.2, 0) is 61.8 Å². The maximum Gasteiger partial charge on any atom is 0.471 e. The van der Waals surface area contributed by atoms with Crippen molar-refractivity contribution in [3.63, 3.8) is 0 Å². The van der Waals surface area contributed by atoms with E-state index < -0.39 is 60.1 Å². The van der Waals surface area contributed by atoms with Crippen LogP contribution in [0, 0.1) is 0 Å². The lowest BCUT2D eigenvalue weighted by Crippen LogP contribution is -2.26. The second-order valence-corrected chi connectivity index (χ2v) is 17.4. The van der Waals surface area contributed by atoms with E-state index in [1.807, 2.05) is 30.3 Å². The van der Waals surface area contributed by atoms with Crippen molar-refractivity contribution in [2.24, 2.45) is 0 Å². The molecule has 0 spiro atoms. The zero-order valence-corrected chi connectivity index (χ0v) is 46.2. The number of ether oxygens (including phenoxy) is 1. The first kappa shape index (κ1) is 67.9. The van der Waals surface area contributed by atoms with Crippen molar-refractivity contribution in [3.05, 3.63) is 179 Å². The molecule has 35 heteroatoms. The zero-order valence-electron chi connectivity index (χ0n) is 46.2. The highest BCUT2D eigenvalue weighted by Crippen LogP contribution is 2.33. The topological polar surface area (TPSA) is 279 Å². The van der Waals surface area contributed by atoms with Gasteiger partial charge in [-0.05, 0) is 35.4 Å². The van der Waals surface area contributed by atoms with Gasteiger partial charge in [0.15, 0.2) is 5.78 Å². The van der Waals surface area contributed by atoms with E-state index in [1.165, 1.54) is 120 Å². The number of hydrogen-bond donors (Lipinski definition) is 1. The number of likely N-dealkylation sites (N-methyl/N-ethyl adjacent to an activating group) is 1. The van der Waals surface area contributed by atoms with Crippen LogP contribution in [0.1, 0.15) is 65.8 Å². The zero-order chi connectivity index (χ0) is 65.3. The van der Waals surface area contributed by atoms with Crippen LogP contribution in [0.3, 0.4) is 0 Å². The van der Waals surface area contributed by atoms with E-state index in [-0.39, 0.29) is 65.7 Å². The summed E-state index contributed by atoms with van der Waals surface area (Å²) in [6.07, 6.45) is -18.7. The van der Waals surface area contributed by atoms with Gasteiger partial charge in [-0.2, -0.15) is 72.6 Å². The summed E-state index contributed by atoms with van der Waals surface area (Å²) < 4.78 is 170. The first-order chi connectivity index (χ1) is 42.0. The minimum absolute atomic E-state index is 0.0697. The molecule has 0 saturated carbocycles. The quantitative estimate of drug-likeness (QED) is 0.0534. The predicted molar refractivity (Wildman–Crippen MR) is 276 cm³/mol. The fraction of sp³-hybridized carbons (Fsp3) is 0.222. The van der Waals surface area contributed by atoms with Crippen molar-refractivity contribution in [2.75, 3.05) is 42.0 Å². The summed E-state index contributed by atoms with van der Waals surface area (Å²) in [5.74, 6) is -7.81. The maximum atomic E-state index is 12.5. The molecule has 89 heavy (non-hydrogen) atoms. The fourth-order valence-electron chi connectivity index (χ4n) is 6.62. The molecular weight excluding hydrogens is 1220 g/mol. The van der Waals surface area contributed by atoms with Crippen LogP contribution >= 0.6 is 0 Å². The summed E-state index contributed by atoms with van der Waals surface area (Å²) in [5.41, 5.74) is 6.07. The Balaban J connectivity index is 0.000000190. The molecule has 0 saturated heterocycles. The van der Waals surface area contributed by atoms with Gasteiger partial charge in [-0.1, -0.05) is 124 Å². The molecule has 0 aliphatic heterocycles. The normalized spacial score (nSPS) is 11.5. The van der Waals surface area contributed by atoms with Crippen molar-refractivity contribution in [1.29, 1.82) is 0 Å². The van der Waals surface area contributed by atoms with Gasteiger partial charge in [0.05, 0.1) is 27.2 Å². The number of amides is 3. The molecule has 0 bridgehead atoms. The number of hydrogen-bond acceptors (Lipinski definition) is 20. The molecule has 0 aliphatic rings. The average molecular weight is 1270 g/mol. The van der Waals surface area contributed by atoms with Crippen molar-refractivity contribution >= 4 is 23.5 Å². The van der Waals surface area contributed by atoms with Crippen LogP contribution in [0.15, 0.2) is 145 Å². The van der Waals surface area contributed by atoms with E-state index in [9.17, 15) is 71.9 Å². The highest BCUT2D eigenvalue weighted by Gasteiger charge is 2.41. The number of benzene rings is 5. The second-order valence-electron chi connectivity index (χ2n) is 17.4. The number of halogens is 12. The van der Waals surface area contributed by atoms with Crippen LogP contribution in [0.5, 0.6) is 0 Å². The lowest BCUT2D eigenvalue weighted by atomic mass is 10.1. The van der Waals surface area contributed by atoms with E-state index in [2.05, 4.69) is 64.1 Å². The van der Waals surface area contributed by atoms with Crippen molar-refractivity contribution in [3.8, 4) is 45.6 Å². The number of rotatable bonds is 16. The molecule has 4 aromatic heterocycles. The molecule has 470 valence electrons. The summed E-state index contributed by atoms with van der Waals surface area (Å²) in [6, 6.07) is 32.6. The van der Waals surface area contributed by atoms with E-state index in [0.29, 0.717) is 33.4 Å². The first-order valence-electron chi connectivity index (χ1n) is 24.6. The highest BCUT2D eigenvalue weighted by molar-refractivity contribution is 5.97. The molecule has 0 unspecified atom stereocenters. The van der Waals surface area contributed by atoms with Gasteiger partial charge in [0, 0.05) is 60.1 Å². The standard InChI is InChI=1S/C17H12F3N3O3.C13H12F3N3O3.C12H10F3N3O3.C12H9F3N2O3/c18-17(19,20)16-21-14(22-26-16)12-6-8-13(9-7-12)15(24)23-25-10-11-4-2-1-3-5-11;1-19(21-2)10(20)7-8-3-5-9(6-4-8)11-17-12(22-18-11)13(14,15)16;1-18(20-2)10(19)8-5-3-7(4-6-8)9-16-11(21-17-9)12(13,14)15;1-19-6-9(18)7-2-4-8(5-3-7)10-16-11(20-17-10)12(13,14)15/h1-9H,10H2,(H,23,24);3-6H,7H2,1-2H3;3-6H,1-2H3;2-5H,6H2,1H3. The summed E-state index contributed by atoms with van der Waals surface area (Å²) in [5, 5.41) is 15.2. The molecule has 0 radical (unpaired) electrons. The van der Waals surface area contributed by atoms with E-state index in [4.69, 9.17) is 19.2 Å². The van der Waals surface area contributed by atoms with Gasteiger partial charge in [-0.15, -0.1) is 0 Å². The number of alkyl halides is 12. The van der Waals surface area contributed by atoms with E-state index in [1.54, 1.807) is 12.1 Å². The third-order valence-corrected chi connectivity index (χ3v) is 11.2. The third kappa shape index (κ3) is 19.6. The second kappa shape index (κ2) is 29.9. The first-order valence-corrected chi connectivity index (χ1v) is 24.6. The molecule has 3 amide bonds. The van der Waals surface area contributed by atoms with Crippen molar-refractivity contribution < 1.29 is 109 Å². The summed E-state index contributed by atoms with van der Waals surface area (Å²) in [4.78, 5) is 74.6. The van der Waals surface area contributed by atoms with Crippen LogP contribution in [-0.4, -0.2) is 116 Å². The molecule has 1 N–H and O–H groups in total. The van der Waals surface area contributed by atoms with E-state index >= 15 is 0 Å². The number of ketones is 1. The molecule has 9 aromatic rings. The molecule has 23 nitrogen and oxygen atoms in total. The maximum absolute atomic E-state index is 12.5. The summed E-state index contributed by atoms with van der Waals surface area (Å²) >= 11 is 0. The number of methoxy groups -OCH3 is 1. The molecular formula is C54H43F12N11O12. The van der Waals surface area contributed by atoms with Crippen LogP contribution in [0.2, 0.25) is 0 Å². The van der Waals surface area contributed by atoms with Crippen molar-refractivity contribution in [2.45, 2.75) is 37.7 Å². The van der Waals surface area contributed by atoms with Crippen LogP contribution in [0.4, 0.5) is 52.7 Å². The average Bonchev–Trinajstić information content (AvgIpc) is 2.07. The van der Waals surface area contributed by atoms with Gasteiger partial charge < -0.3 is 22.8 Å². The minimum Gasteiger partial charge on any atom is -0.377 e. The smallest absolute Gasteiger partial charge is 0.377 e. The van der Waals surface area contributed by atoms with Gasteiger partial charge >= 0.3 is 48.3 Å². The molecule has 9 rings (SSSR count). The Labute approximate surface area is 492 Å². The van der Waals surface area contributed by atoms with Gasteiger partial charge in [0.1, 0.15) is 6.61 Å². The number of carbonyl (C=O) groups is 4. The number of nitrogens with one attached hydrogen (secondary N) is 1. The van der Waals surface area contributed by atoms with E-state index in [0.717, 1.165) is 15.7 Å². The third-order valence-electron chi connectivity index (χ3n) is 11.2. The Hall–Kier alpha value is -10.3. The van der Waals surface area contributed by atoms with Gasteiger partial charge in [0.25, 0.3) is 11.8 Å². The van der Waals surface area contributed by atoms with Crippen LogP contribution < -0.4 is 5.48 Å². The number of aromatic nitrogens is 8. The Morgan fingerprint density at radius 3 is 1.13 bits per heavy atom. The molecule has 5 aromatic carbocycles. The lowest BCUT2D eigenvalue weighted by molar-refractivity contribution is -0.167. The number of carbonyl (C=O) groups excluding carboxylic acids is 4. The highest BCUT2D eigenvalue weighted by atomic mass is 19.4. The Morgan fingerprint density at radius 1 is 0.449 bits per heavy atom. The number of nitrogens with zero attached hydrogens (tertiary/aromatic N) is 10. The van der Waals surface area contributed by atoms with Crippen LogP contribution in [0.25, 0.3) is 45.6 Å². The summed E-state index contributed by atoms with van der Waals surface area (Å²) in [6.45, 7) is 0.132. The molecule has 0 fully saturated rings.